The maximum absolute atomic E-state index is 13.7. The van der Waals surface area contributed by atoms with Gasteiger partial charge in [-0.2, -0.15) is 0 Å². The van der Waals surface area contributed by atoms with Crippen LogP contribution in [0.15, 0.2) is 18.2 Å². The molecule has 8 heteroatoms. The van der Waals surface area contributed by atoms with Gasteiger partial charge in [-0.25, -0.2) is 4.39 Å². The topological polar surface area (TPSA) is 87.7 Å². The number of hydrogen-bond acceptors (Lipinski definition) is 4. The Hall–Kier alpha value is -2.64. The first-order chi connectivity index (χ1) is 13.5. The van der Waals surface area contributed by atoms with Crippen molar-refractivity contribution in [2.75, 3.05) is 19.7 Å². The van der Waals surface area contributed by atoms with E-state index in [0.29, 0.717) is 0 Å². The largest absolute Gasteiger partial charge is 0.491 e. The molecule has 1 saturated heterocycles. The molecule has 3 aliphatic rings. The summed E-state index contributed by atoms with van der Waals surface area (Å²) < 4.78 is 19.2. The Morgan fingerprint density at radius 1 is 1.11 bits per heavy atom. The summed E-state index contributed by atoms with van der Waals surface area (Å²) in [4.78, 5) is 39.6. The molecule has 0 spiro atoms. The lowest BCUT2D eigenvalue weighted by atomic mass is 10.1. The van der Waals surface area contributed by atoms with Crippen molar-refractivity contribution in [2.45, 2.75) is 44.2 Å². The molecule has 1 aromatic rings. The molecule has 2 atom stereocenters. The quantitative estimate of drug-likeness (QED) is 0.756. The first kappa shape index (κ1) is 18.7. The molecule has 150 valence electrons. The Morgan fingerprint density at radius 3 is 2.68 bits per heavy atom. The van der Waals surface area contributed by atoms with Gasteiger partial charge in [-0.05, 0) is 43.9 Å². The summed E-state index contributed by atoms with van der Waals surface area (Å²) in [6.45, 7) is 0.699. The molecule has 2 bridgehead atoms. The third kappa shape index (κ3) is 3.95. The predicted molar refractivity (Wildman–Crippen MR) is 98.2 cm³/mol. The molecule has 28 heavy (non-hydrogen) atoms. The monoisotopic (exact) mass is 389 g/mol. The van der Waals surface area contributed by atoms with Gasteiger partial charge >= 0.3 is 0 Å². The Kier molecular flexibility index (Phi) is 5.19. The minimum absolute atomic E-state index is 0.0453. The summed E-state index contributed by atoms with van der Waals surface area (Å²) >= 11 is 0. The van der Waals surface area contributed by atoms with E-state index in [9.17, 15) is 18.8 Å². The number of ether oxygens (including phenoxy) is 1. The van der Waals surface area contributed by atoms with Gasteiger partial charge < -0.3 is 20.3 Å². The zero-order chi connectivity index (χ0) is 19.7. The van der Waals surface area contributed by atoms with E-state index in [1.807, 2.05) is 4.90 Å². The second kappa shape index (κ2) is 7.77. The van der Waals surface area contributed by atoms with Crippen LogP contribution in [0.4, 0.5) is 4.39 Å². The number of carbonyl (C=O) groups is 3. The lowest BCUT2D eigenvalue weighted by Gasteiger charge is -2.31. The van der Waals surface area contributed by atoms with Crippen molar-refractivity contribution in [3.8, 4) is 5.75 Å². The fraction of sp³-hybridized carbons (Fsp3) is 0.550. The summed E-state index contributed by atoms with van der Waals surface area (Å²) in [5.74, 6) is -0.694. The van der Waals surface area contributed by atoms with E-state index in [2.05, 4.69) is 10.6 Å². The van der Waals surface area contributed by atoms with Gasteiger partial charge in [0.1, 0.15) is 18.2 Å². The standard InChI is InChI=1S/C20H24FN3O4/c21-13-3-6-17-16(9-13)19(26)23-11-15-5-4-14(10-18(25)22-7-8-28-17)24(15)20(27)12-1-2-12/h3,6,9,12,14-15H,1-2,4-5,7-8,10-11H2,(H,22,25)(H,23,26)/t14-,15+/m0/s1. The maximum atomic E-state index is 13.7. The lowest BCUT2D eigenvalue weighted by Crippen LogP contribution is -2.48. The van der Waals surface area contributed by atoms with Crippen molar-refractivity contribution in [1.82, 2.24) is 15.5 Å². The Morgan fingerprint density at radius 2 is 1.89 bits per heavy atom. The molecular weight excluding hydrogens is 365 g/mol. The summed E-state index contributed by atoms with van der Waals surface area (Å²) in [5.41, 5.74) is 0.109. The first-order valence-electron chi connectivity index (χ1n) is 9.82. The van der Waals surface area contributed by atoms with Gasteiger partial charge in [0.05, 0.1) is 12.1 Å². The fourth-order valence-corrected chi connectivity index (χ4v) is 4.01. The molecule has 2 heterocycles. The minimum Gasteiger partial charge on any atom is -0.491 e. The van der Waals surface area contributed by atoms with Crippen LogP contribution in [0.3, 0.4) is 0 Å². The molecule has 0 radical (unpaired) electrons. The van der Waals surface area contributed by atoms with Gasteiger partial charge in [0.25, 0.3) is 5.91 Å². The second-order valence-electron chi connectivity index (χ2n) is 7.66. The van der Waals surface area contributed by atoms with Crippen LogP contribution in [0.1, 0.15) is 42.5 Å². The van der Waals surface area contributed by atoms with Crippen molar-refractivity contribution in [1.29, 1.82) is 0 Å². The van der Waals surface area contributed by atoms with E-state index in [1.165, 1.54) is 12.1 Å². The van der Waals surface area contributed by atoms with E-state index in [4.69, 9.17) is 4.74 Å². The molecule has 3 amide bonds. The number of nitrogens with zero attached hydrogens (tertiary/aromatic N) is 1. The highest BCUT2D eigenvalue weighted by atomic mass is 19.1. The van der Waals surface area contributed by atoms with Crippen LogP contribution in [-0.2, 0) is 9.59 Å². The number of rotatable bonds is 1. The van der Waals surface area contributed by atoms with Crippen molar-refractivity contribution >= 4 is 17.7 Å². The number of halogens is 1. The first-order valence-corrected chi connectivity index (χ1v) is 9.82. The number of fused-ring (bicyclic) bond motifs is 3. The Balaban J connectivity index is 1.58. The highest BCUT2D eigenvalue weighted by molar-refractivity contribution is 5.97. The van der Waals surface area contributed by atoms with E-state index in [-0.39, 0.29) is 67.2 Å². The van der Waals surface area contributed by atoms with Crippen LogP contribution in [-0.4, -0.2) is 54.4 Å². The average molecular weight is 389 g/mol. The molecule has 2 aliphatic heterocycles. The van der Waals surface area contributed by atoms with Gasteiger partial charge in [0, 0.05) is 31.0 Å². The van der Waals surface area contributed by atoms with Gasteiger partial charge in [-0.15, -0.1) is 0 Å². The summed E-state index contributed by atoms with van der Waals surface area (Å²) in [6, 6.07) is 3.47. The van der Waals surface area contributed by atoms with Gasteiger partial charge in [-0.1, -0.05) is 0 Å². The molecule has 1 saturated carbocycles. The molecule has 1 aliphatic carbocycles. The highest BCUT2D eigenvalue weighted by Crippen LogP contribution is 2.36. The lowest BCUT2D eigenvalue weighted by molar-refractivity contribution is -0.136. The number of amides is 3. The number of carbonyl (C=O) groups excluding carboxylic acids is 3. The zero-order valence-electron chi connectivity index (χ0n) is 15.6. The third-order valence-electron chi connectivity index (χ3n) is 5.59. The van der Waals surface area contributed by atoms with Crippen LogP contribution >= 0.6 is 0 Å². The van der Waals surface area contributed by atoms with Crippen LogP contribution in [0.25, 0.3) is 0 Å². The van der Waals surface area contributed by atoms with Crippen molar-refractivity contribution in [3.05, 3.63) is 29.6 Å². The fourth-order valence-electron chi connectivity index (χ4n) is 4.01. The smallest absolute Gasteiger partial charge is 0.255 e. The average Bonchev–Trinajstić information content (AvgIpc) is 3.45. The van der Waals surface area contributed by atoms with Crippen LogP contribution in [0.5, 0.6) is 5.75 Å². The summed E-state index contributed by atoms with van der Waals surface area (Å²) in [5, 5.41) is 5.62. The second-order valence-corrected chi connectivity index (χ2v) is 7.66. The normalized spacial score (nSPS) is 25.8. The molecular formula is C20H24FN3O4. The molecule has 7 nitrogen and oxygen atoms in total. The Labute approximate surface area is 162 Å². The molecule has 0 aromatic heterocycles. The third-order valence-corrected chi connectivity index (χ3v) is 5.59. The predicted octanol–water partition coefficient (Wildman–Crippen LogP) is 1.22. The maximum Gasteiger partial charge on any atom is 0.255 e. The number of hydrogen-bond donors (Lipinski definition) is 2. The van der Waals surface area contributed by atoms with Crippen molar-refractivity contribution in [2.24, 2.45) is 5.92 Å². The molecule has 1 aromatic carbocycles. The number of benzene rings is 1. The Bertz CT molecular complexity index is 796. The van der Waals surface area contributed by atoms with Crippen molar-refractivity contribution in [3.63, 3.8) is 0 Å². The van der Waals surface area contributed by atoms with Crippen LogP contribution < -0.4 is 15.4 Å². The van der Waals surface area contributed by atoms with Crippen molar-refractivity contribution < 1.29 is 23.5 Å². The van der Waals surface area contributed by atoms with Crippen LogP contribution in [0, 0.1) is 11.7 Å². The molecule has 2 N–H and O–H groups in total. The van der Waals surface area contributed by atoms with E-state index < -0.39 is 11.7 Å². The number of nitrogens with one attached hydrogen (secondary N) is 2. The highest BCUT2D eigenvalue weighted by Gasteiger charge is 2.43. The minimum atomic E-state index is -0.529. The summed E-state index contributed by atoms with van der Waals surface area (Å²) in [6.07, 6.45) is 3.48. The van der Waals surface area contributed by atoms with Gasteiger partial charge in [0.2, 0.25) is 11.8 Å². The van der Waals surface area contributed by atoms with Gasteiger partial charge in [-0.3, -0.25) is 14.4 Å². The van der Waals surface area contributed by atoms with E-state index in [1.54, 1.807) is 0 Å². The van der Waals surface area contributed by atoms with Gasteiger partial charge in [0.15, 0.2) is 0 Å². The SMILES string of the molecule is O=C1C[C@@H]2CC[C@H](CNC(=O)c3cc(F)ccc3OCCN1)N2C(=O)C1CC1. The molecule has 0 unspecified atom stereocenters. The van der Waals surface area contributed by atoms with E-state index in [0.717, 1.165) is 31.7 Å². The zero-order valence-corrected chi connectivity index (χ0v) is 15.6. The summed E-state index contributed by atoms with van der Waals surface area (Å²) in [7, 11) is 0. The van der Waals surface area contributed by atoms with Crippen LogP contribution in [0.2, 0.25) is 0 Å². The molecule has 2 fully saturated rings. The van der Waals surface area contributed by atoms with E-state index >= 15 is 0 Å². The molecule has 4 rings (SSSR count).